The molecule has 2 aromatic rings. The Morgan fingerprint density at radius 1 is 1.06 bits per heavy atom. The molecule has 0 amide bonds. The lowest BCUT2D eigenvalue weighted by Gasteiger charge is -2.30. The van der Waals surface area contributed by atoms with Crippen LogP contribution in [0.2, 0.25) is 0 Å². The standard InChI is InChI=1S/C23H28F3NO5S/c1-4-31-22(28)12-8-9-15-32-21-16-18(23(24,25)26)13-14-20(21)27(17(2)3)33(29,30)19-10-6-5-7-11-19/h5-7,10-11,13-14,16-17H,4,8-9,12,15H2,1-3H3. The van der Waals surface area contributed by atoms with Crippen LogP contribution in [0.4, 0.5) is 18.9 Å². The third kappa shape index (κ3) is 7.12. The largest absolute Gasteiger partial charge is 0.491 e. The van der Waals surface area contributed by atoms with Crippen molar-refractivity contribution >= 4 is 21.7 Å². The van der Waals surface area contributed by atoms with Crippen molar-refractivity contribution in [2.45, 2.75) is 57.1 Å². The van der Waals surface area contributed by atoms with Crippen LogP contribution < -0.4 is 9.04 Å². The molecular weight excluding hydrogens is 459 g/mol. The zero-order chi connectivity index (χ0) is 24.6. The van der Waals surface area contributed by atoms with E-state index >= 15 is 0 Å². The molecule has 33 heavy (non-hydrogen) atoms. The summed E-state index contributed by atoms with van der Waals surface area (Å²) < 4.78 is 78.1. The van der Waals surface area contributed by atoms with E-state index in [0.29, 0.717) is 12.8 Å². The van der Waals surface area contributed by atoms with Crippen LogP contribution in [0.1, 0.15) is 45.6 Å². The highest BCUT2D eigenvalue weighted by molar-refractivity contribution is 7.92. The van der Waals surface area contributed by atoms with Crippen molar-refractivity contribution in [1.82, 2.24) is 0 Å². The van der Waals surface area contributed by atoms with E-state index in [0.717, 1.165) is 22.5 Å². The Bertz CT molecular complexity index is 1020. The number of nitrogens with zero attached hydrogens (tertiary/aromatic N) is 1. The van der Waals surface area contributed by atoms with Gasteiger partial charge in [-0.2, -0.15) is 13.2 Å². The van der Waals surface area contributed by atoms with Crippen LogP contribution in [-0.2, 0) is 25.7 Å². The molecule has 0 aliphatic heterocycles. The van der Waals surface area contributed by atoms with Gasteiger partial charge in [-0.15, -0.1) is 0 Å². The summed E-state index contributed by atoms with van der Waals surface area (Å²) in [6.07, 6.45) is -3.67. The van der Waals surface area contributed by atoms with Gasteiger partial charge >= 0.3 is 12.1 Å². The van der Waals surface area contributed by atoms with Gasteiger partial charge in [-0.3, -0.25) is 9.10 Å². The number of sulfonamides is 1. The zero-order valence-corrected chi connectivity index (χ0v) is 19.6. The van der Waals surface area contributed by atoms with Gasteiger partial charge in [-0.25, -0.2) is 8.42 Å². The first kappa shape index (κ1) is 26.5. The van der Waals surface area contributed by atoms with Gasteiger partial charge in [-0.05, 0) is 63.9 Å². The van der Waals surface area contributed by atoms with Gasteiger partial charge < -0.3 is 9.47 Å². The Morgan fingerprint density at radius 2 is 1.73 bits per heavy atom. The highest BCUT2D eigenvalue weighted by atomic mass is 32.2. The number of carbonyl (C=O) groups excluding carboxylic acids is 1. The van der Waals surface area contributed by atoms with Gasteiger partial charge in [0.2, 0.25) is 0 Å². The first-order chi connectivity index (χ1) is 15.5. The van der Waals surface area contributed by atoms with E-state index in [-0.39, 0.29) is 41.9 Å². The van der Waals surface area contributed by atoms with E-state index in [1.807, 2.05) is 0 Å². The lowest BCUT2D eigenvalue weighted by molar-refractivity contribution is -0.143. The number of hydrogen-bond donors (Lipinski definition) is 0. The second-order valence-electron chi connectivity index (χ2n) is 7.50. The molecule has 0 unspecified atom stereocenters. The summed E-state index contributed by atoms with van der Waals surface area (Å²) in [6.45, 7) is 5.22. The number of rotatable bonds is 11. The Hall–Kier alpha value is -2.75. The first-order valence-corrected chi connectivity index (χ1v) is 12.0. The molecule has 0 spiro atoms. The molecule has 0 heterocycles. The molecule has 10 heteroatoms. The molecule has 0 aromatic heterocycles. The van der Waals surface area contributed by atoms with Crippen LogP contribution >= 0.6 is 0 Å². The van der Waals surface area contributed by atoms with E-state index in [9.17, 15) is 26.4 Å². The third-order valence-corrected chi connectivity index (χ3v) is 6.64. The highest BCUT2D eigenvalue weighted by Gasteiger charge is 2.34. The number of alkyl halides is 3. The molecule has 2 aromatic carbocycles. The van der Waals surface area contributed by atoms with Crippen LogP contribution in [0.25, 0.3) is 0 Å². The average molecular weight is 488 g/mol. The molecule has 0 aliphatic rings. The summed E-state index contributed by atoms with van der Waals surface area (Å²) in [7, 11) is -4.07. The molecule has 0 atom stereocenters. The summed E-state index contributed by atoms with van der Waals surface area (Å²) in [5.74, 6) is -0.564. The minimum Gasteiger partial charge on any atom is -0.491 e. The van der Waals surface area contributed by atoms with Gasteiger partial charge in [0, 0.05) is 12.5 Å². The lowest BCUT2D eigenvalue weighted by atomic mass is 10.1. The molecule has 0 aliphatic carbocycles. The van der Waals surface area contributed by atoms with E-state index in [4.69, 9.17) is 9.47 Å². The normalized spacial score (nSPS) is 12.0. The summed E-state index contributed by atoms with van der Waals surface area (Å²) in [5, 5.41) is 0. The Labute approximate surface area is 192 Å². The number of ether oxygens (including phenoxy) is 2. The van der Waals surface area contributed by atoms with Crippen LogP contribution in [0.5, 0.6) is 5.75 Å². The van der Waals surface area contributed by atoms with Crippen molar-refractivity contribution in [3.63, 3.8) is 0 Å². The summed E-state index contributed by atoms with van der Waals surface area (Å²) >= 11 is 0. The fraction of sp³-hybridized carbons (Fsp3) is 0.435. The quantitative estimate of drug-likeness (QED) is 0.313. The second kappa shape index (κ2) is 11.4. The van der Waals surface area contributed by atoms with Crippen molar-refractivity contribution in [3.8, 4) is 5.75 Å². The van der Waals surface area contributed by atoms with Crippen molar-refractivity contribution in [2.75, 3.05) is 17.5 Å². The topological polar surface area (TPSA) is 72.9 Å². The minimum atomic E-state index is -4.62. The summed E-state index contributed by atoms with van der Waals surface area (Å²) in [5.41, 5.74) is -0.944. The monoisotopic (exact) mass is 487 g/mol. The maximum absolute atomic E-state index is 13.3. The van der Waals surface area contributed by atoms with Gasteiger partial charge in [0.25, 0.3) is 10.0 Å². The number of halogens is 3. The Morgan fingerprint density at radius 3 is 2.30 bits per heavy atom. The highest BCUT2D eigenvalue weighted by Crippen LogP contribution is 2.39. The van der Waals surface area contributed by atoms with Gasteiger partial charge in [0.1, 0.15) is 5.75 Å². The summed E-state index contributed by atoms with van der Waals surface area (Å²) in [6, 6.07) is 9.79. The minimum absolute atomic E-state index is 0.00500. The molecule has 0 bridgehead atoms. The number of esters is 1. The molecule has 0 N–H and O–H groups in total. The van der Waals surface area contributed by atoms with E-state index in [1.54, 1.807) is 39.0 Å². The van der Waals surface area contributed by atoms with Crippen LogP contribution in [0.15, 0.2) is 53.4 Å². The molecule has 182 valence electrons. The van der Waals surface area contributed by atoms with E-state index in [2.05, 4.69) is 0 Å². The van der Waals surface area contributed by atoms with Crippen LogP contribution in [0, 0.1) is 0 Å². The van der Waals surface area contributed by atoms with Crippen molar-refractivity contribution in [2.24, 2.45) is 0 Å². The molecule has 0 fully saturated rings. The fourth-order valence-electron chi connectivity index (χ4n) is 3.17. The third-order valence-electron chi connectivity index (χ3n) is 4.63. The number of unbranched alkanes of at least 4 members (excludes halogenated alkanes) is 1. The summed E-state index contributed by atoms with van der Waals surface area (Å²) in [4.78, 5) is 11.4. The SMILES string of the molecule is CCOC(=O)CCCCOc1cc(C(F)(F)F)ccc1N(C(C)C)S(=O)(=O)c1ccccc1. The van der Waals surface area contributed by atoms with Gasteiger partial charge in [0.05, 0.1) is 29.4 Å². The smallest absolute Gasteiger partial charge is 0.416 e. The number of carbonyl (C=O) groups is 1. The van der Waals surface area contributed by atoms with Crippen molar-refractivity contribution < 1.29 is 35.9 Å². The second-order valence-corrected chi connectivity index (χ2v) is 9.31. The molecule has 0 saturated heterocycles. The van der Waals surface area contributed by atoms with Crippen LogP contribution in [-0.4, -0.2) is 33.6 Å². The van der Waals surface area contributed by atoms with E-state index < -0.39 is 27.8 Å². The van der Waals surface area contributed by atoms with Gasteiger partial charge in [0.15, 0.2) is 0 Å². The maximum atomic E-state index is 13.3. The predicted molar refractivity (Wildman–Crippen MR) is 119 cm³/mol. The van der Waals surface area contributed by atoms with E-state index in [1.165, 1.54) is 12.1 Å². The maximum Gasteiger partial charge on any atom is 0.416 e. The lowest BCUT2D eigenvalue weighted by Crippen LogP contribution is -2.37. The Balaban J connectivity index is 2.36. The Kier molecular flexibility index (Phi) is 9.16. The predicted octanol–water partition coefficient (Wildman–Crippen LogP) is 5.42. The number of hydrogen-bond acceptors (Lipinski definition) is 5. The van der Waals surface area contributed by atoms with Crippen molar-refractivity contribution in [3.05, 3.63) is 54.1 Å². The zero-order valence-electron chi connectivity index (χ0n) is 18.8. The number of benzene rings is 2. The van der Waals surface area contributed by atoms with Crippen LogP contribution in [0.3, 0.4) is 0 Å². The molecular formula is C23H28F3NO5S. The van der Waals surface area contributed by atoms with Crippen molar-refractivity contribution in [1.29, 1.82) is 0 Å². The molecule has 0 radical (unpaired) electrons. The molecule has 2 rings (SSSR count). The van der Waals surface area contributed by atoms with Gasteiger partial charge in [-0.1, -0.05) is 18.2 Å². The molecule has 6 nitrogen and oxygen atoms in total. The fourth-order valence-corrected chi connectivity index (χ4v) is 4.86. The molecule has 0 saturated carbocycles. The average Bonchev–Trinajstić information content (AvgIpc) is 2.74. The first-order valence-electron chi connectivity index (χ1n) is 10.6. The number of anilines is 1.